The predicted octanol–water partition coefficient (Wildman–Crippen LogP) is 1.58. The molecule has 2 fully saturated rings. The maximum atomic E-state index is 11.8. The summed E-state index contributed by atoms with van der Waals surface area (Å²) in [6.07, 6.45) is 0.564. The lowest BCUT2D eigenvalue weighted by atomic mass is 9.75. The Bertz CT molecular complexity index is 841. The van der Waals surface area contributed by atoms with E-state index in [2.05, 4.69) is 6.58 Å². The van der Waals surface area contributed by atoms with Crippen LogP contribution in [0, 0.1) is 5.92 Å². The van der Waals surface area contributed by atoms with Gasteiger partial charge in [-0.2, -0.15) is 0 Å². The molecule has 7 N–H and O–H groups in total. The summed E-state index contributed by atoms with van der Waals surface area (Å²) in [6.45, 7) is 3.27. The first-order chi connectivity index (χ1) is 18.2. The van der Waals surface area contributed by atoms with E-state index in [0.717, 1.165) is 24.8 Å². The minimum atomic E-state index is -2.12. The van der Waals surface area contributed by atoms with Gasteiger partial charge >= 0.3 is 0 Å². The quantitative estimate of drug-likeness (QED) is 0.175. The molecule has 9 heteroatoms. The zero-order valence-electron chi connectivity index (χ0n) is 22.2. The molecule has 1 aliphatic carbocycles. The molecular weight excluding hydrogens is 492 g/mol. The Hall–Kier alpha value is -1.56. The smallest absolute Gasteiger partial charge is 0.232 e. The van der Waals surface area contributed by atoms with Gasteiger partial charge in [-0.3, -0.25) is 0 Å². The lowest BCUT2D eigenvalue weighted by Crippen LogP contribution is -2.69. The topological polar surface area (TPSA) is 160 Å². The number of hydrogen-bond donors (Lipinski definition) is 7. The fourth-order valence-electron chi connectivity index (χ4n) is 5.73. The van der Waals surface area contributed by atoms with Crippen molar-refractivity contribution in [2.75, 3.05) is 13.2 Å². The van der Waals surface area contributed by atoms with Crippen molar-refractivity contribution in [2.45, 2.75) is 113 Å². The van der Waals surface area contributed by atoms with Crippen molar-refractivity contribution in [3.8, 4) is 5.75 Å². The molecule has 216 valence electrons. The molecule has 9 nitrogen and oxygen atoms in total. The highest BCUT2D eigenvalue weighted by Gasteiger charge is 2.58. The third-order valence-corrected chi connectivity index (χ3v) is 8.12. The summed E-state index contributed by atoms with van der Waals surface area (Å²) in [4.78, 5) is 0. The molecule has 0 spiro atoms. The average Bonchev–Trinajstić information content (AvgIpc) is 2.91. The van der Waals surface area contributed by atoms with Crippen LogP contribution >= 0.6 is 0 Å². The number of aliphatic hydroxyl groups is 7. The first-order valence-corrected chi connectivity index (χ1v) is 13.9. The number of ether oxygens (including phenoxy) is 2. The molecule has 1 aromatic carbocycles. The van der Waals surface area contributed by atoms with Crippen LogP contribution in [0.3, 0.4) is 0 Å². The highest BCUT2D eigenvalue weighted by Crippen LogP contribution is 2.40. The monoisotopic (exact) mass is 538 g/mol. The van der Waals surface area contributed by atoms with E-state index in [9.17, 15) is 30.6 Å². The first kappa shape index (κ1) is 31.0. The number of hydrogen-bond acceptors (Lipinski definition) is 9. The predicted molar refractivity (Wildman–Crippen MR) is 141 cm³/mol. The SMILES string of the molecule is C=CCc1ccc(O[C@@H]2O[C@H]([C@@H](O)CCCO)[C@@H](O)[C@H](O)[C@]2(O)C[C@H](CO)CCC2(O)CCCCC2)cc1. The minimum Gasteiger partial charge on any atom is -0.462 e. The summed E-state index contributed by atoms with van der Waals surface area (Å²) in [7, 11) is 0. The van der Waals surface area contributed by atoms with E-state index >= 15 is 0 Å². The van der Waals surface area contributed by atoms with E-state index in [4.69, 9.17) is 14.6 Å². The van der Waals surface area contributed by atoms with Gasteiger partial charge in [0, 0.05) is 13.2 Å². The first-order valence-electron chi connectivity index (χ1n) is 13.9. The highest BCUT2D eigenvalue weighted by atomic mass is 16.7. The van der Waals surface area contributed by atoms with E-state index < -0.39 is 47.8 Å². The molecule has 3 rings (SSSR count). The van der Waals surface area contributed by atoms with Gasteiger partial charge in [0.25, 0.3) is 0 Å². The van der Waals surface area contributed by atoms with Gasteiger partial charge in [-0.05, 0) is 75.0 Å². The molecule has 0 aromatic heterocycles. The maximum absolute atomic E-state index is 11.8. The Kier molecular flexibility index (Phi) is 11.6. The van der Waals surface area contributed by atoms with Crippen molar-refractivity contribution in [1.82, 2.24) is 0 Å². The van der Waals surface area contributed by atoms with Crippen LogP contribution in [0.5, 0.6) is 5.75 Å². The fraction of sp³-hybridized carbons (Fsp3) is 0.724. The Morgan fingerprint density at radius 2 is 1.74 bits per heavy atom. The maximum Gasteiger partial charge on any atom is 0.232 e. The van der Waals surface area contributed by atoms with Crippen LogP contribution in [0.1, 0.15) is 69.8 Å². The molecular formula is C29H46O9. The largest absolute Gasteiger partial charge is 0.462 e. The van der Waals surface area contributed by atoms with Crippen LogP contribution in [0.2, 0.25) is 0 Å². The second-order valence-corrected chi connectivity index (χ2v) is 11.1. The summed E-state index contributed by atoms with van der Waals surface area (Å²) >= 11 is 0. The van der Waals surface area contributed by atoms with Crippen LogP contribution in [0.4, 0.5) is 0 Å². The van der Waals surface area contributed by atoms with Gasteiger partial charge in [0.05, 0.1) is 11.7 Å². The highest BCUT2D eigenvalue weighted by molar-refractivity contribution is 5.28. The molecule has 0 unspecified atom stereocenters. The van der Waals surface area contributed by atoms with Crippen LogP contribution < -0.4 is 4.74 Å². The number of aliphatic hydroxyl groups excluding tert-OH is 5. The third-order valence-electron chi connectivity index (χ3n) is 8.12. The summed E-state index contributed by atoms with van der Waals surface area (Å²) < 4.78 is 11.9. The van der Waals surface area contributed by atoms with Gasteiger partial charge < -0.3 is 45.2 Å². The Morgan fingerprint density at radius 3 is 2.34 bits per heavy atom. The summed E-state index contributed by atoms with van der Waals surface area (Å²) in [5.74, 6) is -0.154. The Balaban J connectivity index is 1.81. The summed E-state index contributed by atoms with van der Waals surface area (Å²) in [5, 5.41) is 74.6. The van der Waals surface area contributed by atoms with E-state index in [-0.39, 0.29) is 32.5 Å². The van der Waals surface area contributed by atoms with Crippen molar-refractivity contribution >= 4 is 0 Å². The number of rotatable bonds is 14. The van der Waals surface area contributed by atoms with Gasteiger partial charge in [-0.15, -0.1) is 6.58 Å². The molecule has 0 amide bonds. The number of allylic oxidation sites excluding steroid dienone is 1. The molecule has 0 radical (unpaired) electrons. The van der Waals surface area contributed by atoms with Crippen LogP contribution in [0.25, 0.3) is 0 Å². The zero-order chi connectivity index (χ0) is 27.8. The van der Waals surface area contributed by atoms with Crippen molar-refractivity contribution in [2.24, 2.45) is 5.92 Å². The van der Waals surface area contributed by atoms with Crippen LogP contribution in [0.15, 0.2) is 36.9 Å². The molecule has 1 aromatic rings. The van der Waals surface area contributed by atoms with Gasteiger partial charge in [0.2, 0.25) is 6.29 Å². The minimum absolute atomic E-state index is 0.115. The summed E-state index contributed by atoms with van der Waals surface area (Å²) in [6, 6.07) is 7.05. The van der Waals surface area contributed by atoms with Gasteiger partial charge in [0.1, 0.15) is 24.1 Å². The zero-order valence-corrected chi connectivity index (χ0v) is 22.2. The lowest BCUT2D eigenvalue weighted by Gasteiger charge is -2.50. The van der Waals surface area contributed by atoms with Gasteiger partial charge in [-0.1, -0.05) is 37.5 Å². The van der Waals surface area contributed by atoms with E-state index in [1.165, 1.54) is 0 Å². The molecule has 7 atom stereocenters. The van der Waals surface area contributed by atoms with E-state index in [0.29, 0.717) is 37.9 Å². The molecule has 2 aliphatic rings. The Morgan fingerprint density at radius 1 is 1.05 bits per heavy atom. The average molecular weight is 539 g/mol. The van der Waals surface area contributed by atoms with Crippen molar-refractivity contribution < 1.29 is 45.2 Å². The van der Waals surface area contributed by atoms with Gasteiger partial charge in [-0.25, -0.2) is 0 Å². The molecule has 0 bridgehead atoms. The second-order valence-electron chi connectivity index (χ2n) is 11.1. The molecule has 1 heterocycles. The van der Waals surface area contributed by atoms with E-state index in [1.54, 1.807) is 18.2 Å². The molecule has 38 heavy (non-hydrogen) atoms. The normalized spacial score (nSPS) is 30.9. The summed E-state index contributed by atoms with van der Waals surface area (Å²) in [5.41, 5.74) is -1.92. The van der Waals surface area contributed by atoms with Crippen LogP contribution in [-0.2, 0) is 11.2 Å². The standard InChI is InChI=1S/C29H46O9/c1-2-7-20-9-11-22(12-10-20)37-27-29(36,26(34)24(33)25(38-27)23(32)8-6-17-30)18-21(19-31)13-16-28(35)14-4-3-5-15-28/h2,9-12,21,23-27,30-36H,1,3-8,13-19H2/t21-,23+,24-,25-,26+,27-,29-/m1/s1. The Labute approximate surface area is 225 Å². The van der Waals surface area contributed by atoms with Crippen molar-refractivity contribution in [3.05, 3.63) is 42.5 Å². The second kappa shape index (κ2) is 14.2. The van der Waals surface area contributed by atoms with Crippen LogP contribution in [-0.4, -0.2) is 90.9 Å². The third kappa shape index (κ3) is 7.76. The van der Waals surface area contributed by atoms with Crippen molar-refractivity contribution in [3.63, 3.8) is 0 Å². The van der Waals surface area contributed by atoms with Crippen molar-refractivity contribution in [1.29, 1.82) is 0 Å². The fourth-order valence-corrected chi connectivity index (χ4v) is 5.73. The number of benzene rings is 1. The molecule has 1 aliphatic heterocycles. The lowest BCUT2D eigenvalue weighted by molar-refractivity contribution is -0.333. The molecule has 1 saturated heterocycles. The van der Waals surface area contributed by atoms with E-state index in [1.807, 2.05) is 12.1 Å². The van der Waals surface area contributed by atoms with Gasteiger partial charge in [0.15, 0.2) is 5.60 Å². The molecule has 1 saturated carbocycles.